The van der Waals surface area contributed by atoms with Crippen molar-refractivity contribution < 1.29 is 9.50 Å². The Kier molecular flexibility index (Phi) is 4.24. The quantitative estimate of drug-likeness (QED) is 0.818. The van der Waals surface area contributed by atoms with Crippen LogP contribution in [0.15, 0.2) is 45.3 Å². The zero-order valence-electron chi connectivity index (χ0n) is 9.25. The highest BCUT2D eigenvalue weighted by Crippen LogP contribution is 2.28. The number of anilines is 1. The molecule has 0 aliphatic heterocycles. The van der Waals surface area contributed by atoms with E-state index < -0.39 is 0 Å². The summed E-state index contributed by atoms with van der Waals surface area (Å²) in [6.07, 6.45) is 0. The molecular formula is C13H10Br2FNO. The maximum atomic E-state index is 13.6. The zero-order valence-corrected chi connectivity index (χ0v) is 12.4. The number of hydrogen-bond donors (Lipinski definition) is 2. The van der Waals surface area contributed by atoms with Gasteiger partial charge in [0.25, 0.3) is 0 Å². The molecule has 94 valence electrons. The third-order valence-electron chi connectivity index (χ3n) is 2.47. The fourth-order valence-electron chi connectivity index (χ4n) is 1.53. The number of rotatable bonds is 3. The minimum atomic E-state index is -0.334. The van der Waals surface area contributed by atoms with Gasteiger partial charge in [-0.3, -0.25) is 0 Å². The minimum absolute atomic E-state index is 0.169. The molecule has 2 aromatic rings. The van der Waals surface area contributed by atoms with Crippen LogP contribution in [0.4, 0.5) is 10.1 Å². The van der Waals surface area contributed by atoms with Crippen LogP contribution in [0.25, 0.3) is 0 Å². The molecule has 0 aromatic heterocycles. The first-order chi connectivity index (χ1) is 8.58. The second-order valence-electron chi connectivity index (χ2n) is 3.73. The molecule has 0 aliphatic carbocycles. The second kappa shape index (κ2) is 5.71. The highest BCUT2D eigenvalue weighted by Gasteiger charge is 2.06. The summed E-state index contributed by atoms with van der Waals surface area (Å²) >= 11 is 6.44. The molecule has 0 atom stereocenters. The van der Waals surface area contributed by atoms with Crippen molar-refractivity contribution in [2.75, 3.05) is 5.32 Å². The van der Waals surface area contributed by atoms with Crippen LogP contribution < -0.4 is 5.32 Å². The van der Waals surface area contributed by atoms with Gasteiger partial charge in [0.05, 0.1) is 10.2 Å². The van der Waals surface area contributed by atoms with E-state index in [4.69, 9.17) is 0 Å². The standard InChI is InChI=1S/C13H10Br2FNO/c14-9-4-5-12(11(16)6-9)17-7-8-2-1-3-10(15)13(8)18/h1-6,17-18H,7H2. The molecule has 2 N–H and O–H groups in total. The van der Waals surface area contributed by atoms with Crippen LogP contribution in [0, 0.1) is 5.82 Å². The largest absolute Gasteiger partial charge is 0.506 e. The lowest BCUT2D eigenvalue weighted by Gasteiger charge is -2.10. The Bertz CT molecular complexity index is 575. The molecule has 0 fully saturated rings. The van der Waals surface area contributed by atoms with Crippen LogP contribution in [0.2, 0.25) is 0 Å². The molecule has 2 aromatic carbocycles. The molecule has 0 unspecified atom stereocenters. The van der Waals surface area contributed by atoms with Crippen LogP contribution in [0.3, 0.4) is 0 Å². The number of halogens is 3. The van der Waals surface area contributed by atoms with E-state index in [9.17, 15) is 9.50 Å². The predicted octanol–water partition coefficient (Wildman–Crippen LogP) is 4.67. The number of para-hydroxylation sites is 1. The Morgan fingerprint density at radius 1 is 1.17 bits per heavy atom. The zero-order chi connectivity index (χ0) is 13.1. The third kappa shape index (κ3) is 3.03. The van der Waals surface area contributed by atoms with Crippen molar-refractivity contribution in [2.45, 2.75) is 6.54 Å². The molecule has 2 rings (SSSR count). The van der Waals surface area contributed by atoms with E-state index in [-0.39, 0.29) is 11.6 Å². The van der Waals surface area contributed by atoms with Crippen molar-refractivity contribution in [3.05, 3.63) is 56.7 Å². The van der Waals surface area contributed by atoms with E-state index >= 15 is 0 Å². The smallest absolute Gasteiger partial charge is 0.147 e. The van der Waals surface area contributed by atoms with Crippen molar-refractivity contribution in [1.82, 2.24) is 0 Å². The van der Waals surface area contributed by atoms with Crippen molar-refractivity contribution in [1.29, 1.82) is 0 Å². The summed E-state index contributed by atoms with van der Waals surface area (Å²) in [6.45, 7) is 0.351. The van der Waals surface area contributed by atoms with Gasteiger partial charge in [-0.05, 0) is 40.2 Å². The Morgan fingerprint density at radius 3 is 2.67 bits per heavy atom. The maximum absolute atomic E-state index is 13.6. The molecule has 0 bridgehead atoms. The fraction of sp³-hybridized carbons (Fsp3) is 0.0769. The molecular weight excluding hydrogens is 365 g/mol. The molecule has 0 spiro atoms. The van der Waals surface area contributed by atoms with Crippen LogP contribution in [0.1, 0.15) is 5.56 Å². The first-order valence-electron chi connectivity index (χ1n) is 5.23. The van der Waals surface area contributed by atoms with Crippen LogP contribution in [0.5, 0.6) is 5.75 Å². The molecule has 0 radical (unpaired) electrons. The van der Waals surface area contributed by atoms with Gasteiger partial charge in [0.15, 0.2) is 0 Å². The first kappa shape index (κ1) is 13.4. The van der Waals surface area contributed by atoms with E-state index in [1.165, 1.54) is 6.07 Å². The normalized spacial score (nSPS) is 10.4. The molecule has 2 nitrogen and oxygen atoms in total. The number of phenols is 1. The van der Waals surface area contributed by atoms with Gasteiger partial charge < -0.3 is 10.4 Å². The number of nitrogens with one attached hydrogen (secondary N) is 1. The van der Waals surface area contributed by atoms with Gasteiger partial charge in [-0.15, -0.1) is 0 Å². The average molecular weight is 375 g/mol. The van der Waals surface area contributed by atoms with Gasteiger partial charge >= 0.3 is 0 Å². The highest BCUT2D eigenvalue weighted by molar-refractivity contribution is 9.10. The number of phenolic OH excluding ortho intramolecular Hbond substituents is 1. The highest BCUT2D eigenvalue weighted by atomic mass is 79.9. The van der Waals surface area contributed by atoms with Gasteiger partial charge in [-0.1, -0.05) is 28.1 Å². The third-order valence-corrected chi connectivity index (χ3v) is 3.60. The second-order valence-corrected chi connectivity index (χ2v) is 5.50. The monoisotopic (exact) mass is 373 g/mol. The summed E-state index contributed by atoms with van der Waals surface area (Å²) in [5.41, 5.74) is 1.10. The lowest BCUT2D eigenvalue weighted by Crippen LogP contribution is -2.01. The molecule has 0 aliphatic rings. The van der Waals surface area contributed by atoms with E-state index in [1.54, 1.807) is 24.3 Å². The molecule has 0 heterocycles. The minimum Gasteiger partial charge on any atom is -0.506 e. The number of aromatic hydroxyl groups is 1. The van der Waals surface area contributed by atoms with Gasteiger partial charge in [0, 0.05) is 16.6 Å². The number of hydrogen-bond acceptors (Lipinski definition) is 2. The molecule has 0 saturated carbocycles. The van der Waals surface area contributed by atoms with Gasteiger partial charge in [0.2, 0.25) is 0 Å². The van der Waals surface area contributed by atoms with Gasteiger partial charge in [-0.2, -0.15) is 0 Å². The molecule has 5 heteroatoms. The van der Waals surface area contributed by atoms with Crippen molar-refractivity contribution in [2.24, 2.45) is 0 Å². The first-order valence-corrected chi connectivity index (χ1v) is 6.82. The molecule has 18 heavy (non-hydrogen) atoms. The summed E-state index contributed by atoms with van der Waals surface area (Å²) in [5.74, 6) is -0.165. The summed E-state index contributed by atoms with van der Waals surface area (Å²) in [7, 11) is 0. The lowest BCUT2D eigenvalue weighted by molar-refractivity contribution is 0.465. The van der Waals surface area contributed by atoms with Crippen LogP contribution >= 0.6 is 31.9 Å². The maximum Gasteiger partial charge on any atom is 0.147 e. The Labute approximate surface area is 121 Å². The number of benzene rings is 2. The Balaban J connectivity index is 2.14. The summed E-state index contributed by atoms with van der Waals surface area (Å²) in [4.78, 5) is 0. The van der Waals surface area contributed by atoms with E-state index in [0.29, 0.717) is 26.7 Å². The molecule has 0 saturated heterocycles. The van der Waals surface area contributed by atoms with Crippen molar-refractivity contribution in [3.8, 4) is 5.75 Å². The fourth-order valence-corrected chi connectivity index (χ4v) is 2.27. The van der Waals surface area contributed by atoms with E-state index in [0.717, 1.165) is 0 Å². The predicted molar refractivity (Wildman–Crippen MR) is 77.2 cm³/mol. The average Bonchev–Trinajstić information content (AvgIpc) is 2.33. The van der Waals surface area contributed by atoms with Crippen LogP contribution in [-0.4, -0.2) is 5.11 Å². The van der Waals surface area contributed by atoms with Crippen LogP contribution in [-0.2, 0) is 6.54 Å². The van der Waals surface area contributed by atoms with Gasteiger partial charge in [0.1, 0.15) is 11.6 Å². The SMILES string of the molecule is Oc1c(Br)cccc1CNc1ccc(Br)cc1F. The topological polar surface area (TPSA) is 32.3 Å². The molecule has 0 amide bonds. The summed E-state index contributed by atoms with van der Waals surface area (Å²) in [6, 6.07) is 10.1. The van der Waals surface area contributed by atoms with E-state index in [2.05, 4.69) is 37.2 Å². The van der Waals surface area contributed by atoms with Crippen molar-refractivity contribution >= 4 is 37.5 Å². The lowest BCUT2D eigenvalue weighted by atomic mass is 10.2. The van der Waals surface area contributed by atoms with Crippen molar-refractivity contribution in [3.63, 3.8) is 0 Å². The summed E-state index contributed by atoms with van der Waals surface area (Å²) in [5, 5.41) is 12.7. The Morgan fingerprint density at radius 2 is 1.94 bits per heavy atom. The summed E-state index contributed by atoms with van der Waals surface area (Å²) < 4.78 is 14.9. The Hall–Kier alpha value is -1.07. The van der Waals surface area contributed by atoms with E-state index in [1.807, 2.05) is 6.07 Å². The van der Waals surface area contributed by atoms with Gasteiger partial charge in [-0.25, -0.2) is 4.39 Å².